The van der Waals surface area contributed by atoms with E-state index in [0.29, 0.717) is 31.5 Å². The van der Waals surface area contributed by atoms with Gasteiger partial charge < -0.3 is 30.6 Å². The van der Waals surface area contributed by atoms with E-state index in [2.05, 4.69) is 34.8 Å². The number of hydrogen-bond acceptors (Lipinski definition) is 5. The first-order valence-corrected chi connectivity index (χ1v) is 15.8. The highest BCUT2D eigenvalue weighted by atomic mass is 16.2. The molecule has 4 amide bonds. The summed E-state index contributed by atoms with van der Waals surface area (Å²) in [6.45, 7) is 7.23. The molecule has 2 aliphatic heterocycles. The number of aromatic amines is 1. The summed E-state index contributed by atoms with van der Waals surface area (Å²) >= 11 is 0. The van der Waals surface area contributed by atoms with Crippen molar-refractivity contribution in [1.82, 2.24) is 25.8 Å². The molecule has 10 heteroatoms. The molecule has 4 aliphatic rings. The lowest BCUT2D eigenvalue weighted by Crippen LogP contribution is -2.59. The van der Waals surface area contributed by atoms with Crippen LogP contribution in [0.15, 0.2) is 24.3 Å². The molecule has 230 valence electrons. The van der Waals surface area contributed by atoms with Gasteiger partial charge in [0, 0.05) is 29.9 Å². The molecule has 1 aromatic heterocycles. The highest BCUT2D eigenvalue weighted by molar-refractivity contribution is 6.01. The average Bonchev–Trinajstić information content (AvgIpc) is 3.52. The number of piperidine rings is 1. The summed E-state index contributed by atoms with van der Waals surface area (Å²) in [6.07, 6.45) is 6.32. The fourth-order valence-corrected chi connectivity index (χ4v) is 8.08. The molecular weight excluding hydrogens is 546 g/mol. The van der Waals surface area contributed by atoms with Gasteiger partial charge in [0.25, 0.3) is 5.91 Å². The quantitative estimate of drug-likeness (QED) is 0.333. The van der Waals surface area contributed by atoms with E-state index in [-0.39, 0.29) is 59.1 Å². The van der Waals surface area contributed by atoms with Crippen molar-refractivity contribution in [1.29, 1.82) is 0 Å². The van der Waals surface area contributed by atoms with E-state index in [4.69, 9.17) is 0 Å². The molecule has 0 bridgehead atoms. The molecule has 0 spiro atoms. The Morgan fingerprint density at radius 1 is 1.12 bits per heavy atom. The number of H-pyrrole nitrogens is 1. The Kier molecular flexibility index (Phi) is 7.81. The first kappa shape index (κ1) is 29.4. The van der Waals surface area contributed by atoms with E-state index < -0.39 is 18.1 Å². The van der Waals surface area contributed by atoms with Crippen molar-refractivity contribution in [3.63, 3.8) is 0 Å². The molecule has 6 atom stereocenters. The number of amides is 4. The SMILES string of the molecule is Cc1cccc2[nH]c(C(=O)N[C@H](C(=O)N3C[C@H]4[C@@H]([C@H]3C(=O)N[C@H](C=O)C[C@@H]3CCNC3=O)C4(C)C)C3CCCCC3)cc12. The van der Waals surface area contributed by atoms with Gasteiger partial charge in [-0.05, 0) is 73.5 Å². The molecule has 0 radical (unpaired) electrons. The maximum atomic E-state index is 14.4. The number of hydrogen-bond donors (Lipinski definition) is 4. The van der Waals surface area contributed by atoms with E-state index in [0.717, 1.165) is 48.6 Å². The summed E-state index contributed by atoms with van der Waals surface area (Å²) in [5.41, 5.74) is 2.22. The number of fused-ring (bicyclic) bond motifs is 2. The van der Waals surface area contributed by atoms with Crippen LogP contribution in [0.5, 0.6) is 0 Å². The van der Waals surface area contributed by atoms with Gasteiger partial charge in [-0.2, -0.15) is 0 Å². The molecule has 0 unspecified atom stereocenters. The number of carbonyl (C=O) groups excluding carboxylic acids is 5. The number of nitrogens with one attached hydrogen (secondary N) is 4. The Bertz CT molecular complexity index is 1440. The highest BCUT2D eigenvalue weighted by Gasteiger charge is 2.69. The van der Waals surface area contributed by atoms with Gasteiger partial charge in [-0.25, -0.2) is 0 Å². The van der Waals surface area contributed by atoms with Crippen LogP contribution in [0.25, 0.3) is 10.9 Å². The van der Waals surface area contributed by atoms with Gasteiger partial charge in [0.15, 0.2) is 0 Å². The van der Waals surface area contributed by atoms with Crippen LogP contribution in [0.3, 0.4) is 0 Å². The molecule has 2 saturated heterocycles. The Morgan fingerprint density at radius 2 is 1.88 bits per heavy atom. The molecule has 10 nitrogen and oxygen atoms in total. The summed E-state index contributed by atoms with van der Waals surface area (Å²) in [7, 11) is 0. The summed E-state index contributed by atoms with van der Waals surface area (Å²) in [4.78, 5) is 70.8. The minimum atomic E-state index is -0.807. The minimum absolute atomic E-state index is 0.0198. The smallest absolute Gasteiger partial charge is 0.268 e. The lowest BCUT2D eigenvalue weighted by molar-refractivity contribution is -0.143. The number of aromatic nitrogens is 1. The topological polar surface area (TPSA) is 140 Å². The maximum absolute atomic E-state index is 14.4. The molecule has 43 heavy (non-hydrogen) atoms. The first-order valence-electron chi connectivity index (χ1n) is 15.8. The van der Waals surface area contributed by atoms with Gasteiger partial charge in [-0.15, -0.1) is 0 Å². The predicted molar refractivity (Wildman–Crippen MR) is 161 cm³/mol. The van der Waals surface area contributed by atoms with E-state index in [9.17, 15) is 24.0 Å². The molecule has 1 aromatic carbocycles. The van der Waals surface area contributed by atoms with Crippen LogP contribution >= 0.6 is 0 Å². The van der Waals surface area contributed by atoms with E-state index >= 15 is 0 Å². The second-order valence-electron chi connectivity index (χ2n) is 13.7. The zero-order valence-electron chi connectivity index (χ0n) is 25.3. The van der Waals surface area contributed by atoms with Crippen molar-refractivity contribution < 1.29 is 24.0 Å². The first-order chi connectivity index (χ1) is 20.6. The van der Waals surface area contributed by atoms with Crippen LogP contribution in [0.2, 0.25) is 0 Å². The minimum Gasteiger partial charge on any atom is -0.356 e. The van der Waals surface area contributed by atoms with Crippen LogP contribution < -0.4 is 16.0 Å². The van der Waals surface area contributed by atoms with Crippen LogP contribution in [0.4, 0.5) is 0 Å². The van der Waals surface area contributed by atoms with Gasteiger partial charge in [-0.1, -0.05) is 45.2 Å². The van der Waals surface area contributed by atoms with Gasteiger partial charge in [-0.3, -0.25) is 19.2 Å². The van der Waals surface area contributed by atoms with Crippen LogP contribution in [-0.2, 0) is 19.2 Å². The fraction of sp³-hybridized carbons (Fsp3) is 0.606. The molecule has 2 aromatic rings. The van der Waals surface area contributed by atoms with E-state index in [1.165, 1.54) is 0 Å². The second-order valence-corrected chi connectivity index (χ2v) is 13.7. The zero-order chi connectivity index (χ0) is 30.5. The molecule has 6 rings (SSSR count). The highest BCUT2D eigenvalue weighted by Crippen LogP contribution is 2.65. The van der Waals surface area contributed by atoms with Crippen molar-refractivity contribution in [2.24, 2.45) is 29.1 Å². The number of benzene rings is 1. The number of nitrogens with zero attached hydrogens (tertiary/aromatic N) is 1. The lowest BCUT2D eigenvalue weighted by atomic mass is 9.83. The summed E-state index contributed by atoms with van der Waals surface area (Å²) in [6, 6.07) is 5.40. The zero-order valence-corrected chi connectivity index (χ0v) is 25.3. The second kappa shape index (κ2) is 11.4. The fourth-order valence-electron chi connectivity index (χ4n) is 8.08. The normalized spacial score (nSPS) is 27.7. The summed E-state index contributed by atoms with van der Waals surface area (Å²) in [5, 5.41) is 9.69. The van der Waals surface area contributed by atoms with Gasteiger partial charge >= 0.3 is 0 Å². The van der Waals surface area contributed by atoms with E-state index in [1.807, 2.05) is 31.2 Å². The molecule has 4 N–H and O–H groups in total. The average molecular weight is 590 g/mol. The van der Waals surface area contributed by atoms with Crippen molar-refractivity contribution in [3.05, 3.63) is 35.5 Å². The monoisotopic (exact) mass is 589 g/mol. The number of likely N-dealkylation sites (tertiary alicyclic amines) is 1. The Labute approximate surface area is 252 Å². The molecule has 2 saturated carbocycles. The molecule has 3 heterocycles. The third kappa shape index (κ3) is 5.45. The number of aryl methyl sites for hydroxylation is 1. The van der Waals surface area contributed by atoms with Gasteiger partial charge in [0.1, 0.15) is 24.1 Å². The van der Waals surface area contributed by atoms with Crippen molar-refractivity contribution in [3.8, 4) is 0 Å². The standard InChI is InChI=1S/C33H43N5O5/c1-18-8-7-11-24-22(18)15-25(36-24)30(41)37-27(19-9-5-4-6-10-19)32(43)38-16-23-26(33(23,2)3)28(38)31(42)35-21(17-39)14-20-12-13-34-29(20)40/h7-8,11,15,17,19-21,23,26-28,36H,4-6,9-10,12-14,16H2,1-3H3,(H,34,40)(H,35,42)(H,37,41)/t20-,21-,23-,26-,27-,28-/m0/s1. The summed E-state index contributed by atoms with van der Waals surface area (Å²) < 4.78 is 0. The van der Waals surface area contributed by atoms with Crippen molar-refractivity contribution >= 4 is 40.8 Å². The van der Waals surface area contributed by atoms with Crippen LogP contribution in [0, 0.1) is 36.0 Å². The molecular formula is C33H43N5O5. The Balaban J connectivity index is 1.23. The number of rotatable bonds is 9. The summed E-state index contributed by atoms with van der Waals surface area (Å²) in [5.74, 6) is -1.22. The predicted octanol–water partition coefficient (Wildman–Crippen LogP) is 2.85. The Morgan fingerprint density at radius 3 is 2.56 bits per heavy atom. The van der Waals surface area contributed by atoms with E-state index in [1.54, 1.807) is 4.90 Å². The molecule has 4 fully saturated rings. The van der Waals surface area contributed by atoms with Crippen LogP contribution in [0.1, 0.15) is 74.8 Å². The maximum Gasteiger partial charge on any atom is 0.268 e. The largest absolute Gasteiger partial charge is 0.356 e. The van der Waals surface area contributed by atoms with Crippen molar-refractivity contribution in [2.75, 3.05) is 13.1 Å². The number of aldehydes is 1. The third-order valence-corrected chi connectivity index (χ3v) is 10.8. The van der Waals surface area contributed by atoms with Gasteiger partial charge in [0.05, 0.1) is 6.04 Å². The van der Waals surface area contributed by atoms with Gasteiger partial charge in [0.2, 0.25) is 17.7 Å². The molecule has 2 aliphatic carbocycles. The third-order valence-electron chi connectivity index (χ3n) is 10.8. The van der Waals surface area contributed by atoms with Crippen molar-refractivity contribution in [2.45, 2.75) is 83.8 Å². The number of carbonyl (C=O) groups is 5. The van der Waals surface area contributed by atoms with Crippen LogP contribution in [-0.4, -0.2) is 71.0 Å². The lowest BCUT2D eigenvalue weighted by Gasteiger charge is -2.37. The Hall–Kier alpha value is -3.69.